The van der Waals surface area contributed by atoms with Crippen LogP contribution in [0.25, 0.3) is 0 Å². The summed E-state index contributed by atoms with van der Waals surface area (Å²) in [5.74, 6) is 1.14. The number of carboxylic acids is 1. The van der Waals surface area contributed by atoms with Gasteiger partial charge in [0.25, 0.3) is 0 Å². The lowest BCUT2D eigenvalue weighted by molar-refractivity contribution is -0.144. The fourth-order valence-corrected chi connectivity index (χ4v) is 3.46. The summed E-state index contributed by atoms with van der Waals surface area (Å²) in [6, 6.07) is 3.07. The van der Waals surface area contributed by atoms with E-state index in [4.69, 9.17) is 14.2 Å². The van der Waals surface area contributed by atoms with Crippen LogP contribution in [0, 0.1) is 0 Å². The van der Waals surface area contributed by atoms with E-state index in [1.54, 1.807) is 13.4 Å². The second-order valence-corrected chi connectivity index (χ2v) is 6.45. The highest BCUT2D eigenvalue weighted by Gasteiger charge is 2.33. The third kappa shape index (κ3) is 3.08. The highest BCUT2D eigenvalue weighted by atomic mass is 16.5. The van der Waals surface area contributed by atoms with E-state index >= 15 is 0 Å². The molecule has 2 aliphatic heterocycles. The normalized spacial score (nSPS) is 19.5. The molecule has 2 aliphatic rings. The van der Waals surface area contributed by atoms with Crippen molar-refractivity contribution in [3.8, 4) is 17.2 Å². The Labute approximate surface area is 150 Å². The molecule has 1 atom stereocenters. The van der Waals surface area contributed by atoms with Gasteiger partial charge in [0.15, 0.2) is 11.5 Å². The summed E-state index contributed by atoms with van der Waals surface area (Å²) in [5, 5.41) is 9.65. The molecule has 0 amide bonds. The van der Waals surface area contributed by atoms with Gasteiger partial charge in [-0.3, -0.25) is 9.69 Å². The molecule has 4 rings (SSSR count). The number of hydrogen-bond donors (Lipinski definition) is 2. The van der Waals surface area contributed by atoms with Crippen molar-refractivity contribution in [2.75, 3.05) is 20.3 Å². The fourth-order valence-electron chi connectivity index (χ4n) is 3.46. The zero-order valence-electron chi connectivity index (χ0n) is 14.5. The SMILES string of the molecule is COc1cc2c(cc1CN1Cc3[nH]cnc3CC1C(=O)O)OCCCO2. The van der Waals surface area contributed by atoms with Crippen molar-refractivity contribution >= 4 is 5.97 Å². The van der Waals surface area contributed by atoms with Crippen LogP contribution in [0.1, 0.15) is 23.4 Å². The van der Waals surface area contributed by atoms with Gasteiger partial charge in [-0.2, -0.15) is 0 Å². The van der Waals surface area contributed by atoms with Gasteiger partial charge in [0.05, 0.1) is 38.0 Å². The van der Waals surface area contributed by atoms with Crippen molar-refractivity contribution in [3.63, 3.8) is 0 Å². The molecule has 0 bridgehead atoms. The molecule has 26 heavy (non-hydrogen) atoms. The first kappa shape index (κ1) is 16.7. The molecule has 1 aromatic heterocycles. The van der Waals surface area contributed by atoms with E-state index in [-0.39, 0.29) is 0 Å². The smallest absolute Gasteiger partial charge is 0.321 e. The number of benzene rings is 1. The molecule has 2 aromatic rings. The van der Waals surface area contributed by atoms with Gasteiger partial charge < -0.3 is 24.3 Å². The van der Waals surface area contributed by atoms with Gasteiger partial charge in [0, 0.05) is 37.6 Å². The Kier molecular flexibility index (Phi) is 4.42. The molecule has 3 heterocycles. The van der Waals surface area contributed by atoms with E-state index in [9.17, 15) is 9.90 Å². The first-order valence-electron chi connectivity index (χ1n) is 8.60. The monoisotopic (exact) mass is 359 g/mol. The average molecular weight is 359 g/mol. The number of nitrogens with zero attached hydrogens (tertiary/aromatic N) is 2. The maximum atomic E-state index is 11.8. The minimum Gasteiger partial charge on any atom is -0.496 e. The van der Waals surface area contributed by atoms with Crippen LogP contribution in [0.5, 0.6) is 17.2 Å². The lowest BCUT2D eigenvalue weighted by atomic mass is 10.0. The van der Waals surface area contributed by atoms with Crippen molar-refractivity contribution in [1.82, 2.24) is 14.9 Å². The Morgan fingerprint density at radius 3 is 2.88 bits per heavy atom. The molecule has 0 spiro atoms. The van der Waals surface area contributed by atoms with E-state index in [0.717, 1.165) is 23.4 Å². The maximum absolute atomic E-state index is 11.8. The summed E-state index contributed by atoms with van der Waals surface area (Å²) >= 11 is 0. The van der Waals surface area contributed by atoms with Crippen molar-refractivity contribution < 1.29 is 24.1 Å². The number of aromatic amines is 1. The van der Waals surface area contributed by atoms with Crippen molar-refractivity contribution in [1.29, 1.82) is 0 Å². The number of aliphatic carboxylic acids is 1. The van der Waals surface area contributed by atoms with E-state index in [2.05, 4.69) is 9.97 Å². The predicted octanol–water partition coefficient (Wildman–Crippen LogP) is 1.59. The molecule has 2 N–H and O–H groups in total. The van der Waals surface area contributed by atoms with Crippen LogP contribution in [-0.2, 0) is 24.3 Å². The Balaban J connectivity index is 1.65. The number of carbonyl (C=O) groups is 1. The zero-order chi connectivity index (χ0) is 18.1. The predicted molar refractivity (Wildman–Crippen MR) is 91.6 cm³/mol. The average Bonchev–Trinajstić information content (AvgIpc) is 2.97. The van der Waals surface area contributed by atoms with Gasteiger partial charge in [-0.1, -0.05) is 0 Å². The highest BCUT2D eigenvalue weighted by molar-refractivity contribution is 5.74. The molecule has 1 unspecified atom stereocenters. The van der Waals surface area contributed by atoms with Crippen LogP contribution < -0.4 is 14.2 Å². The third-order valence-electron chi connectivity index (χ3n) is 4.81. The summed E-state index contributed by atoms with van der Waals surface area (Å²) < 4.78 is 17.0. The second-order valence-electron chi connectivity index (χ2n) is 6.45. The van der Waals surface area contributed by atoms with E-state index in [1.165, 1.54) is 0 Å². The van der Waals surface area contributed by atoms with Crippen LogP contribution in [0.2, 0.25) is 0 Å². The number of hydrogen-bond acceptors (Lipinski definition) is 6. The second kappa shape index (κ2) is 6.87. The molecule has 138 valence electrons. The number of carboxylic acid groups (broad SMARTS) is 1. The van der Waals surface area contributed by atoms with Gasteiger partial charge in [-0.05, 0) is 6.07 Å². The quantitative estimate of drug-likeness (QED) is 0.856. The fraction of sp³-hybridized carbons (Fsp3) is 0.444. The number of aromatic nitrogens is 2. The Morgan fingerprint density at radius 2 is 2.15 bits per heavy atom. The molecule has 0 radical (unpaired) electrons. The number of ether oxygens (including phenoxy) is 3. The Hall–Kier alpha value is -2.74. The molecule has 8 heteroatoms. The zero-order valence-corrected chi connectivity index (χ0v) is 14.5. The minimum absolute atomic E-state index is 0.376. The summed E-state index contributed by atoms with van der Waals surface area (Å²) in [4.78, 5) is 21.0. The first-order valence-corrected chi connectivity index (χ1v) is 8.60. The summed E-state index contributed by atoms with van der Waals surface area (Å²) in [6.07, 6.45) is 2.81. The van der Waals surface area contributed by atoms with Crippen molar-refractivity contribution in [2.24, 2.45) is 0 Å². The summed E-state index contributed by atoms with van der Waals surface area (Å²) in [7, 11) is 1.60. The van der Waals surface area contributed by atoms with Crippen molar-refractivity contribution in [2.45, 2.75) is 32.0 Å². The molecule has 0 fully saturated rings. The molecule has 1 aromatic carbocycles. The number of methoxy groups -OCH3 is 1. The number of fused-ring (bicyclic) bond motifs is 2. The lowest BCUT2D eigenvalue weighted by Crippen LogP contribution is -2.45. The number of imidazole rings is 1. The third-order valence-corrected chi connectivity index (χ3v) is 4.81. The van der Waals surface area contributed by atoms with Gasteiger partial charge in [-0.15, -0.1) is 0 Å². The molecular formula is C18H21N3O5. The topological polar surface area (TPSA) is 96.9 Å². The minimum atomic E-state index is -0.855. The van der Waals surface area contributed by atoms with Gasteiger partial charge in [0.1, 0.15) is 11.8 Å². The number of rotatable bonds is 4. The largest absolute Gasteiger partial charge is 0.496 e. The maximum Gasteiger partial charge on any atom is 0.321 e. The van der Waals surface area contributed by atoms with E-state index in [1.807, 2.05) is 17.0 Å². The van der Waals surface area contributed by atoms with Gasteiger partial charge in [0.2, 0.25) is 0 Å². The Morgan fingerprint density at radius 1 is 1.38 bits per heavy atom. The summed E-state index contributed by atoms with van der Waals surface area (Å²) in [6.45, 7) is 2.11. The summed E-state index contributed by atoms with van der Waals surface area (Å²) in [5.41, 5.74) is 2.64. The standard InChI is InChI=1S/C18H21N3O5/c1-24-15-7-17-16(25-3-2-4-26-17)5-11(15)8-21-9-13-12(19-10-20-13)6-14(21)18(22)23/h5,7,10,14H,2-4,6,8-9H2,1H3,(H,19,20)(H,22,23). The lowest BCUT2D eigenvalue weighted by Gasteiger charge is -2.32. The van der Waals surface area contributed by atoms with Crippen LogP contribution >= 0.6 is 0 Å². The molecule has 8 nitrogen and oxygen atoms in total. The van der Waals surface area contributed by atoms with Crippen LogP contribution in [0.4, 0.5) is 0 Å². The van der Waals surface area contributed by atoms with Gasteiger partial charge in [-0.25, -0.2) is 4.98 Å². The Bertz CT molecular complexity index is 819. The molecule has 0 saturated carbocycles. The van der Waals surface area contributed by atoms with Gasteiger partial charge >= 0.3 is 5.97 Å². The molecular weight excluding hydrogens is 338 g/mol. The highest BCUT2D eigenvalue weighted by Crippen LogP contribution is 2.37. The molecule has 0 aliphatic carbocycles. The number of nitrogens with one attached hydrogen (secondary N) is 1. The van der Waals surface area contributed by atoms with E-state index < -0.39 is 12.0 Å². The van der Waals surface area contributed by atoms with E-state index in [0.29, 0.717) is 50.0 Å². The first-order chi connectivity index (χ1) is 12.7. The van der Waals surface area contributed by atoms with Crippen LogP contribution in [0.3, 0.4) is 0 Å². The van der Waals surface area contributed by atoms with Crippen LogP contribution in [0.15, 0.2) is 18.5 Å². The molecule has 0 saturated heterocycles. The number of H-pyrrole nitrogens is 1. The van der Waals surface area contributed by atoms with Crippen molar-refractivity contribution in [3.05, 3.63) is 35.4 Å². The van der Waals surface area contributed by atoms with Crippen LogP contribution in [-0.4, -0.2) is 52.3 Å².